The summed E-state index contributed by atoms with van der Waals surface area (Å²) in [5, 5.41) is 15.0. The lowest BCUT2D eigenvalue weighted by Crippen LogP contribution is -2.23. The number of rotatable bonds is 11. The number of hydrogen-bond acceptors (Lipinski definition) is 6. The van der Waals surface area contributed by atoms with Crippen LogP contribution in [0.1, 0.15) is 11.4 Å². The minimum absolute atomic E-state index is 0.125. The Bertz CT molecular complexity index is 1190. The summed E-state index contributed by atoms with van der Waals surface area (Å²) in [6.45, 7) is 4.37. The number of nitrogens with zero attached hydrogens (tertiary/aromatic N) is 3. The molecule has 1 aromatic heterocycles. The molecular weight excluding hydrogens is 474 g/mol. The first-order valence-corrected chi connectivity index (χ1v) is 11.7. The molecule has 0 spiro atoms. The number of nitrogens with one attached hydrogen (secondary N) is 2. The first-order chi connectivity index (χ1) is 16.5. The second kappa shape index (κ2) is 12.6. The highest BCUT2D eigenvalue weighted by molar-refractivity contribution is 7.99. The summed E-state index contributed by atoms with van der Waals surface area (Å²) >= 11 is 7.34. The van der Waals surface area contributed by atoms with E-state index in [1.54, 1.807) is 42.0 Å². The average molecular weight is 498 g/mol. The first-order valence-electron chi connectivity index (χ1n) is 10.3. The Morgan fingerprint density at radius 1 is 1.18 bits per heavy atom. The molecule has 0 unspecified atom stereocenters. The predicted octanol–water partition coefficient (Wildman–Crippen LogP) is 4.19. The third-order valence-corrected chi connectivity index (χ3v) is 5.87. The number of benzene rings is 2. The van der Waals surface area contributed by atoms with E-state index in [0.29, 0.717) is 34.0 Å². The molecule has 0 bridgehead atoms. The number of hydrogen-bond donors (Lipinski definition) is 2. The SMILES string of the molecule is C=CCn1c(CNC(=O)C=Cc2ccccc2Cl)nnc1SCC(=O)Nc1ccccc1OC. The number of aromatic nitrogens is 3. The lowest BCUT2D eigenvalue weighted by molar-refractivity contribution is -0.116. The van der Waals surface area contributed by atoms with Gasteiger partial charge in [-0.05, 0) is 29.8 Å². The standard InChI is InChI=1S/C24H24ClN5O3S/c1-3-14-30-21(15-26-22(31)13-12-17-8-4-5-9-18(17)25)28-29-24(30)34-16-23(32)27-19-10-6-7-11-20(19)33-2/h3-13H,1,14-16H2,2H3,(H,26,31)(H,27,32). The van der Waals surface area contributed by atoms with Gasteiger partial charge in [0.05, 0.1) is 25.1 Å². The number of para-hydroxylation sites is 2. The van der Waals surface area contributed by atoms with Gasteiger partial charge in [0.15, 0.2) is 11.0 Å². The van der Waals surface area contributed by atoms with Crippen LogP contribution in [0, 0.1) is 0 Å². The quantitative estimate of drug-likeness (QED) is 0.234. The Morgan fingerprint density at radius 2 is 1.94 bits per heavy atom. The molecule has 3 aromatic rings. The van der Waals surface area contributed by atoms with Crippen molar-refractivity contribution in [3.63, 3.8) is 0 Å². The highest BCUT2D eigenvalue weighted by Gasteiger charge is 2.15. The van der Waals surface area contributed by atoms with E-state index in [-0.39, 0.29) is 24.1 Å². The molecule has 0 aliphatic heterocycles. The predicted molar refractivity (Wildman–Crippen MR) is 135 cm³/mol. The third-order valence-electron chi connectivity index (χ3n) is 4.56. The topological polar surface area (TPSA) is 98.1 Å². The summed E-state index contributed by atoms with van der Waals surface area (Å²) < 4.78 is 7.05. The number of thioether (sulfide) groups is 1. The van der Waals surface area contributed by atoms with Crippen molar-refractivity contribution in [3.8, 4) is 5.75 Å². The fourth-order valence-electron chi connectivity index (χ4n) is 2.93. The molecule has 1 heterocycles. The molecule has 0 fully saturated rings. The molecule has 3 rings (SSSR count). The molecule has 8 nitrogen and oxygen atoms in total. The second-order valence-corrected chi connectivity index (χ2v) is 8.26. The molecule has 0 saturated heterocycles. The summed E-state index contributed by atoms with van der Waals surface area (Å²) in [4.78, 5) is 24.6. The molecule has 0 radical (unpaired) electrons. The highest BCUT2D eigenvalue weighted by atomic mass is 35.5. The second-order valence-electron chi connectivity index (χ2n) is 6.91. The Hall–Kier alpha value is -3.56. The van der Waals surface area contributed by atoms with Gasteiger partial charge in [-0.1, -0.05) is 59.8 Å². The van der Waals surface area contributed by atoms with Gasteiger partial charge in [0.2, 0.25) is 11.8 Å². The van der Waals surface area contributed by atoms with E-state index in [9.17, 15) is 9.59 Å². The Balaban J connectivity index is 1.58. The largest absolute Gasteiger partial charge is 0.495 e. The van der Waals surface area contributed by atoms with Crippen molar-refractivity contribution < 1.29 is 14.3 Å². The van der Waals surface area contributed by atoms with Gasteiger partial charge >= 0.3 is 0 Å². The molecule has 2 amide bonds. The van der Waals surface area contributed by atoms with Crippen LogP contribution >= 0.6 is 23.4 Å². The van der Waals surface area contributed by atoms with E-state index >= 15 is 0 Å². The van der Waals surface area contributed by atoms with Gasteiger partial charge in [0, 0.05) is 17.6 Å². The average Bonchev–Trinajstić information content (AvgIpc) is 3.23. The maximum Gasteiger partial charge on any atom is 0.244 e. The van der Waals surface area contributed by atoms with Crippen LogP contribution in [0.3, 0.4) is 0 Å². The molecule has 0 saturated carbocycles. The molecule has 2 N–H and O–H groups in total. The minimum Gasteiger partial charge on any atom is -0.495 e. The van der Waals surface area contributed by atoms with Crippen LogP contribution in [0.5, 0.6) is 5.75 Å². The van der Waals surface area contributed by atoms with Gasteiger partial charge in [-0.25, -0.2) is 0 Å². The summed E-state index contributed by atoms with van der Waals surface area (Å²) in [5.41, 5.74) is 1.34. The Kier molecular flexibility index (Phi) is 9.30. The number of allylic oxidation sites excluding steroid dienone is 1. The van der Waals surface area contributed by atoms with Gasteiger partial charge in [-0.3, -0.25) is 9.59 Å². The van der Waals surface area contributed by atoms with E-state index < -0.39 is 0 Å². The molecule has 34 heavy (non-hydrogen) atoms. The van der Waals surface area contributed by atoms with E-state index in [2.05, 4.69) is 27.4 Å². The monoisotopic (exact) mass is 497 g/mol. The fraction of sp³-hybridized carbons (Fsp3) is 0.167. The van der Waals surface area contributed by atoms with E-state index in [4.69, 9.17) is 16.3 Å². The summed E-state index contributed by atoms with van der Waals surface area (Å²) in [7, 11) is 1.55. The third kappa shape index (κ3) is 6.97. The van der Waals surface area contributed by atoms with Crippen LogP contribution in [0.15, 0.2) is 72.4 Å². The van der Waals surface area contributed by atoms with E-state index in [1.807, 2.05) is 30.3 Å². The van der Waals surface area contributed by atoms with Crippen LogP contribution in [0.2, 0.25) is 5.02 Å². The molecule has 0 atom stereocenters. The molecule has 10 heteroatoms. The van der Waals surface area contributed by atoms with Crippen molar-refractivity contribution in [2.75, 3.05) is 18.2 Å². The van der Waals surface area contributed by atoms with Crippen molar-refractivity contribution in [1.29, 1.82) is 0 Å². The number of carbonyl (C=O) groups is 2. The Morgan fingerprint density at radius 3 is 2.71 bits per heavy atom. The van der Waals surface area contributed by atoms with Gasteiger partial charge in [-0.2, -0.15) is 0 Å². The zero-order valence-electron chi connectivity index (χ0n) is 18.5. The van der Waals surface area contributed by atoms with Crippen LogP contribution in [-0.2, 0) is 22.7 Å². The van der Waals surface area contributed by atoms with Crippen molar-refractivity contribution in [3.05, 3.63) is 83.7 Å². The Labute approximate surface area is 207 Å². The van der Waals surface area contributed by atoms with E-state index in [0.717, 1.165) is 5.56 Å². The van der Waals surface area contributed by atoms with Crippen LogP contribution in [0.4, 0.5) is 5.69 Å². The summed E-state index contributed by atoms with van der Waals surface area (Å²) in [5.74, 6) is 0.755. The zero-order chi connectivity index (χ0) is 24.3. The van der Waals surface area contributed by atoms with Gasteiger partial charge in [0.25, 0.3) is 0 Å². The van der Waals surface area contributed by atoms with Gasteiger partial charge in [0.1, 0.15) is 5.75 Å². The number of amides is 2. The van der Waals surface area contributed by atoms with Crippen molar-refractivity contribution >= 4 is 46.9 Å². The van der Waals surface area contributed by atoms with Crippen molar-refractivity contribution in [2.45, 2.75) is 18.2 Å². The normalized spacial score (nSPS) is 10.8. The van der Waals surface area contributed by atoms with Gasteiger partial charge < -0.3 is 19.9 Å². The number of halogens is 1. The van der Waals surface area contributed by atoms with E-state index in [1.165, 1.54) is 17.8 Å². The number of carbonyl (C=O) groups excluding carboxylic acids is 2. The maximum absolute atomic E-state index is 12.4. The molecule has 176 valence electrons. The number of methoxy groups -OCH3 is 1. The lowest BCUT2D eigenvalue weighted by Gasteiger charge is -2.10. The molecule has 2 aromatic carbocycles. The fourth-order valence-corrected chi connectivity index (χ4v) is 3.90. The minimum atomic E-state index is -0.293. The smallest absolute Gasteiger partial charge is 0.244 e. The van der Waals surface area contributed by atoms with Crippen molar-refractivity contribution in [2.24, 2.45) is 0 Å². The summed E-state index contributed by atoms with van der Waals surface area (Å²) in [6, 6.07) is 14.4. The van der Waals surface area contributed by atoms with Crippen molar-refractivity contribution in [1.82, 2.24) is 20.1 Å². The van der Waals surface area contributed by atoms with Gasteiger partial charge in [-0.15, -0.1) is 16.8 Å². The maximum atomic E-state index is 12.4. The highest BCUT2D eigenvalue weighted by Crippen LogP contribution is 2.24. The molecule has 0 aliphatic rings. The number of anilines is 1. The van der Waals surface area contributed by atoms with Crippen LogP contribution in [0.25, 0.3) is 6.08 Å². The first kappa shape index (κ1) is 25.1. The zero-order valence-corrected chi connectivity index (χ0v) is 20.1. The summed E-state index contributed by atoms with van der Waals surface area (Å²) in [6.07, 6.45) is 4.76. The number of ether oxygens (including phenoxy) is 1. The van der Waals surface area contributed by atoms with Crippen LogP contribution < -0.4 is 15.4 Å². The lowest BCUT2D eigenvalue weighted by atomic mass is 10.2. The van der Waals surface area contributed by atoms with Crippen LogP contribution in [-0.4, -0.2) is 39.4 Å². The molecule has 0 aliphatic carbocycles. The molecular formula is C24H24ClN5O3S.